The Balaban J connectivity index is 2.12. The molecule has 0 spiro atoms. The lowest BCUT2D eigenvalue weighted by molar-refractivity contribution is 0.504. The number of hydrogen-bond acceptors (Lipinski definition) is 1. The molecule has 0 aromatic carbocycles. The van der Waals surface area contributed by atoms with Gasteiger partial charge in [0.15, 0.2) is 0 Å². The molecule has 2 bridgehead atoms. The van der Waals surface area contributed by atoms with E-state index in [1.165, 1.54) is 25.8 Å². The van der Waals surface area contributed by atoms with Crippen LogP contribution in [0.2, 0.25) is 0 Å². The van der Waals surface area contributed by atoms with Crippen LogP contribution in [-0.2, 0) is 0 Å². The summed E-state index contributed by atoms with van der Waals surface area (Å²) in [4.78, 5) is 0. The van der Waals surface area contributed by atoms with Gasteiger partial charge in [-0.2, -0.15) is 0 Å². The van der Waals surface area contributed by atoms with Gasteiger partial charge in [0.2, 0.25) is 0 Å². The molecule has 40 valence electrons. The maximum absolute atomic E-state index is 3.46. The summed E-state index contributed by atoms with van der Waals surface area (Å²) >= 11 is 0. The summed E-state index contributed by atoms with van der Waals surface area (Å²) in [5, 5.41) is 3.46. The van der Waals surface area contributed by atoms with Crippen LogP contribution < -0.4 is 5.32 Å². The molecule has 1 heterocycles. The van der Waals surface area contributed by atoms with Gasteiger partial charge in [0.25, 0.3) is 0 Å². The van der Waals surface area contributed by atoms with Crippen LogP contribution in [0.1, 0.15) is 19.3 Å². The van der Waals surface area contributed by atoms with Gasteiger partial charge in [0.1, 0.15) is 0 Å². The van der Waals surface area contributed by atoms with E-state index in [1.54, 1.807) is 0 Å². The first-order valence-corrected chi connectivity index (χ1v) is 3.18. The summed E-state index contributed by atoms with van der Waals surface area (Å²) in [6.07, 6.45) is 4.42. The van der Waals surface area contributed by atoms with Gasteiger partial charge in [-0.1, -0.05) is 0 Å². The summed E-state index contributed by atoms with van der Waals surface area (Å²) in [5.41, 5.74) is 0. The van der Waals surface area contributed by atoms with Gasteiger partial charge in [0.05, 0.1) is 0 Å². The normalized spacial score (nSPS) is 48.0. The standard InChI is InChI=1S/C6H11N/c1-2-6-3-5(1)4-7-6/h5-7H,1-4H2/t5?,6-/m1/s1. The summed E-state index contributed by atoms with van der Waals surface area (Å²) in [5.74, 6) is 1.06. The monoisotopic (exact) mass is 97.1 g/mol. The number of hydrogen-bond donors (Lipinski definition) is 1. The highest BCUT2D eigenvalue weighted by atomic mass is 15.0. The molecule has 1 unspecified atom stereocenters. The fourth-order valence-corrected chi connectivity index (χ4v) is 1.78. The van der Waals surface area contributed by atoms with Crippen molar-refractivity contribution in [3.63, 3.8) is 0 Å². The van der Waals surface area contributed by atoms with Crippen molar-refractivity contribution in [1.82, 2.24) is 5.32 Å². The third kappa shape index (κ3) is 0.480. The smallest absolute Gasteiger partial charge is 0.00704 e. The maximum Gasteiger partial charge on any atom is 0.00704 e. The van der Waals surface area contributed by atoms with Crippen LogP contribution in [0.15, 0.2) is 0 Å². The summed E-state index contributed by atoms with van der Waals surface area (Å²) in [6, 6.07) is 0.921. The fourth-order valence-electron chi connectivity index (χ4n) is 1.78. The van der Waals surface area contributed by atoms with Gasteiger partial charge in [0, 0.05) is 6.04 Å². The molecule has 1 aliphatic carbocycles. The van der Waals surface area contributed by atoms with Crippen molar-refractivity contribution in [2.24, 2.45) is 5.92 Å². The molecule has 2 atom stereocenters. The zero-order chi connectivity index (χ0) is 4.69. The third-order valence-electron chi connectivity index (χ3n) is 2.24. The highest BCUT2D eigenvalue weighted by molar-refractivity contribution is 4.88. The van der Waals surface area contributed by atoms with E-state index in [9.17, 15) is 0 Å². The van der Waals surface area contributed by atoms with Crippen LogP contribution in [-0.4, -0.2) is 12.6 Å². The second kappa shape index (κ2) is 1.22. The lowest BCUT2D eigenvalue weighted by Gasteiger charge is -2.08. The Labute approximate surface area is 44.1 Å². The van der Waals surface area contributed by atoms with E-state index >= 15 is 0 Å². The van der Waals surface area contributed by atoms with E-state index in [1.807, 2.05) is 0 Å². The van der Waals surface area contributed by atoms with Gasteiger partial charge in [-0.15, -0.1) is 0 Å². The van der Waals surface area contributed by atoms with Gasteiger partial charge >= 0.3 is 0 Å². The Morgan fingerprint density at radius 3 is 2.43 bits per heavy atom. The molecule has 0 amide bonds. The molecule has 0 aromatic heterocycles. The van der Waals surface area contributed by atoms with Crippen molar-refractivity contribution in [3.8, 4) is 0 Å². The molecule has 1 heteroatoms. The molecule has 1 aliphatic heterocycles. The number of nitrogens with one attached hydrogen (secondary N) is 1. The van der Waals surface area contributed by atoms with E-state index in [4.69, 9.17) is 0 Å². The minimum Gasteiger partial charge on any atom is -0.314 e. The van der Waals surface area contributed by atoms with Gasteiger partial charge in [-0.05, 0) is 31.7 Å². The highest BCUT2D eigenvalue weighted by Gasteiger charge is 2.30. The first kappa shape index (κ1) is 3.90. The van der Waals surface area contributed by atoms with Crippen LogP contribution in [0.5, 0.6) is 0 Å². The Bertz CT molecular complexity index is 62.2. The van der Waals surface area contributed by atoms with Crippen molar-refractivity contribution in [1.29, 1.82) is 0 Å². The van der Waals surface area contributed by atoms with Crippen LogP contribution in [0.25, 0.3) is 0 Å². The van der Waals surface area contributed by atoms with Crippen molar-refractivity contribution >= 4 is 0 Å². The predicted octanol–water partition coefficient (Wildman–Crippen LogP) is 0.758. The topological polar surface area (TPSA) is 12.0 Å². The lowest BCUT2D eigenvalue weighted by Crippen LogP contribution is -2.23. The van der Waals surface area contributed by atoms with E-state index in [0.717, 1.165) is 12.0 Å². The lowest BCUT2D eigenvalue weighted by atomic mass is 10.1. The minimum atomic E-state index is 0.921. The average molecular weight is 97.2 g/mol. The van der Waals surface area contributed by atoms with Gasteiger partial charge in [-0.3, -0.25) is 0 Å². The Kier molecular flexibility index (Phi) is 0.680. The summed E-state index contributed by atoms with van der Waals surface area (Å²) < 4.78 is 0. The molecule has 1 saturated heterocycles. The molecule has 1 N–H and O–H groups in total. The van der Waals surface area contributed by atoms with Gasteiger partial charge < -0.3 is 5.32 Å². The first-order chi connectivity index (χ1) is 3.45. The van der Waals surface area contributed by atoms with Crippen molar-refractivity contribution in [2.45, 2.75) is 25.3 Å². The fraction of sp³-hybridized carbons (Fsp3) is 1.00. The van der Waals surface area contributed by atoms with Crippen LogP contribution in [0.4, 0.5) is 0 Å². The Morgan fingerprint density at radius 2 is 2.29 bits per heavy atom. The average Bonchev–Trinajstić information content (AvgIpc) is 2.22. The van der Waals surface area contributed by atoms with Crippen molar-refractivity contribution < 1.29 is 0 Å². The molecule has 0 aromatic rings. The third-order valence-corrected chi connectivity index (χ3v) is 2.24. The summed E-state index contributed by atoms with van der Waals surface area (Å²) in [6.45, 7) is 1.31. The number of rotatable bonds is 0. The van der Waals surface area contributed by atoms with E-state index in [-0.39, 0.29) is 0 Å². The molecule has 1 nitrogen and oxygen atoms in total. The quantitative estimate of drug-likeness (QED) is 0.470. The number of piperidine rings is 1. The summed E-state index contributed by atoms with van der Waals surface area (Å²) in [7, 11) is 0. The second-order valence-electron chi connectivity index (χ2n) is 2.78. The largest absolute Gasteiger partial charge is 0.314 e. The zero-order valence-corrected chi connectivity index (χ0v) is 4.48. The Hall–Kier alpha value is -0.0400. The molecule has 1 saturated carbocycles. The van der Waals surface area contributed by atoms with E-state index in [2.05, 4.69) is 5.32 Å². The molecule has 0 radical (unpaired) electrons. The first-order valence-electron chi connectivity index (χ1n) is 3.18. The molecule has 2 fully saturated rings. The molecule has 7 heavy (non-hydrogen) atoms. The van der Waals surface area contributed by atoms with Crippen LogP contribution in [0.3, 0.4) is 0 Å². The minimum absolute atomic E-state index is 0.921. The van der Waals surface area contributed by atoms with Crippen molar-refractivity contribution in [3.05, 3.63) is 0 Å². The highest BCUT2D eigenvalue weighted by Crippen LogP contribution is 2.29. The maximum atomic E-state index is 3.46. The molecule has 2 rings (SSSR count). The SMILES string of the molecule is C1C[C@@H]2CC1CN2. The van der Waals surface area contributed by atoms with Crippen LogP contribution in [0, 0.1) is 5.92 Å². The zero-order valence-electron chi connectivity index (χ0n) is 4.48. The van der Waals surface area contributed by atoms with E-state index in [0.29, 0.717) is 0 Å². The molecular weight excluding hydrogens is 86.1 g/mol. The van der Waals surface area contributed by atoms with Crippen LogP contribution >= 0.6 is 0 Å². The molecule has 2 aliphatic rings. The molecular formula is C6H11N. The van der Waals surface area contributed by atoms with E-state index < -0.39 is 0 Å². The van der Waals surface area contributed by atoms with Crippen molar-refractivity contribution in [2.75, 3.05) is 6.54 Å². The Morgan fingerprint density at radius 1 is 1.29 bits per heavy atom. The second-order valence-corrected chi connectivity index (χ2v) is 2.78. The predicted molar refractivity (Wildman–Crippen MR) is 29.1 cm³/mol. The number of fused-ring (bicyclic) bond motifs is 2. The van der Waals surface area contributed by atoms with Gasteiger partial charge in [-0.25, -0.2) is 0 Å².